The molecule has 29 heavy (non-hydrogen) atoms. The molecule has 0 radical (unpaired) electrons. The molecule has 7 nitrogen and oxygen atoms in total. The number of hydroxylamine groups is 2. The van der Waals surface area contributed by atoms with Crippen LogP contribution in [-0.4, -0.2) is 84.9 Å². The molecule has 0 bridgehead atoms. The molecule has 0 aromatic rings. The molecular weight excluding hydrogens is 440 g/mol. The number of alkyl halides is 4. The van der Waals surface area contributed by atoms with E-state index in [2.05, 4.69) is 0 Å². The lowest BCUT2D eigenvalue weighted by atomic mass is 9.90. The van der Waals surface area contributed by atoms with Crippen molar-refractivity contribution in [3.8, 4) is 0 Å². The van der Waals surface area contributed by atoms with Crippen molar-refractivity contribution in [3.05, 3.63) is 0 Å². The van der Waals surface area contributed by atoms with Gasteiger partial charge in [0.1, 0.15) is 24.4 Å². The standard InChI is InChI=1S/C16H26F4N2O5S.H2S/c1-21(15(14(23)24)4-8-25-9-5-15)28-27-22-6-2-12(3-7-22)10-26-11-16(19,20)13(17)18;/h12-13H,2-11H2,1H3,(H,23,24);1H2. The summed E-state index contributed by atoms with van der Waals surface area (Å²) >= 11 is 0.951. The molecule has 1 N–H and O–H groups in total. The van der Waals surface area contributed by atoms with Gasteiger partial charge in [0.05, 0.1) is 0 Å². The Hall–Kier alpha value is -0.310. The zero-order chi connectivity index (χ0) is 20.8. The zero-order valence-electron chi connectivity index (χ0n) is 16.1. The first kappa shape index (κ1) is 26.7. The maximum absolute atomic E-state index is 12.8. The Balaban J connectivity index is 0.00000420. The van der Waals surface area contributed by atoms with E-state index in [0.717, 1.165) is 12.2 Å². The SMILES string of the molecule is CN(SON1CCC(COCC(F)(F)C(F)F)CC1)C1(C(=O)O)CCOCC1.S. The first-order chi connectivity index (χ1) is 13.2. The highest BCUT2D eigenvalue weighted by Gasteiger charge is 2.45. The van der Waals surface area contributed by atoms with E-state index in [1.165, 1.54) is 0 Å². The topological polar surface area (TPSA) is 71.5 Å². The third-order valence-electron chi connectivity index (χ3n) is 5.11. The lowest BCUT2D eigenvalue weighted by Crippen LogP contribution is -2.53. The molecule has 0 aromatic carbocycles. The van der Waals surface area contributed by atoms with Gasteiger partial charge in [-0.1, -0.05) is 0 Å². The summed E-state index contributed by atoms with van der Waals surface area (Å²) in [5.41, 5.74) is -1.05. The Kier molecular flexibility index (Phi) is 11.0. The fraction of sp³-hybridized carbons (Fsp3) is 0.938. The van der Waals surface area contributed by atoms with E-state index < -0.39 is 30.5 Å². The summed E-state index contributed by atoms with van der Waals surface area (Å²) in [6.07, 6.45) is -1.82. The Labute approximate surface area is 178 Å². The first-order valence-corrected chi connectivity index (χ1v) is 9.75. The van der Waals surface area contributed by atoms with E-state index >= 15 is 0 Å². The van der Waals surface area contributed by atoms with Gasteiger partial charge in [0.25, 0.3) is 0 Å². The second-order valence-corrected chi connectivity index (χ2v) is 7.89. The Morgan fingerprint density at radius 1 is 1.34 bits per heavy atom. The number of hydrogen-bond donors (Lipinski definition) is 1. The number of carboxylic acid groups (broad SMARTS) is 1. The van der Waals surface area contributed by atoms with Gasteiger partial charge in [-0.2, -0.15) is 27.3 Å². The molecule has 2 saturated heterocycles. The van der Waals surface area contributed by atoms with Gasteiger partial charge in [-0.05, 0) is 18.8 Å². The van der Waals surface area contributed by atoms with Crippen LogP contribution in [0.15, 0.2) is 0 Å². The molecule has 13 heteroatoms. The number of piperidine rings is 1. The molecule has 0 aromatic heterocycles. The summed E-state index contributed by atoms with van der Waals surface area (Å²) in [4.78, 5) is 11.7. The van der Waals surface area contributed by atoms with Crippen molar-refractivity contribution in [2.24, 2.45) is 5.92 Å². The molecule has 2 heterocycles. The largest absolute Gasteiger partial charge is 0.480 e. The minimum absolute atomic E-state index is 0. The number of aliphatic carboxylic acids is 1. The lowest BCUT2D eigenvalue weighted by Gasteiger charge is -2.40. The minimum atomic E-state index is -4.13. The van der Waals surface area contributed by atoms with Crippen LogP contribution >= 0.6 is 25.7 Å². The molecular formula is C16H28F4N2O5S2. The van der Waals surface area contributed by atoms with Gasteiger partial charge < -0.3 is 14.6 Å². The monoisotopic (exact) mass is 468 g/mol. The number of rotatable bonds is 10. The normalized spacial score (nSPS) is 21.3. The van der Waals surface area contributed by atoms with Gasteiger partial charge in [-0.15, -0.1) is 0 Å². The van der Waals surface area contributed by atoms with Crippen molar-refractivity contribution in [2.75, 3.05) is 46.6 Å². The quantitative estimate of drug-likeness (QED) is 0.298. The number of nitrogens with zero attached hydrogens (tertiary/aromatic N) is 2. The minimum Gasteiger partial charge on any atom is -0.480 e. The van der Waals surface area contributed by atoms with Crippen molar-refractivity contribution in [3.63, 3.8) is 0 Å². The molecule has 0 saturated carbocycles. The van der Waals surface area contributed by atoms with Gasteiger partial charge >= 0.3 is 18.3 Å². The Morgan fingerprint density at radius 3 is 2.45 bits per heavy atom. The van der Waals surface area contributed by atoms with Gasteiger partial charge in [-0.25, -0.2) is 17.4 Å². The molecule has 0 amide bonds. The van der Waals surface area contributed by atoms with E-state index in [0.29, 0.717) is 52.0 Å². The summed E-state index contributed by atoms with van der Waals surface area (Å²) in [7, 11) is 1.66. The molecule has 0 unspecified atom stereocenters. The second kappa shape index (κ2) is 11.9. The average Bonchev–Trinajstić information content (AvgIpc) is 2.67. The summed E-state index contributed by atoms with van der Waals surface area (Å²) in [6.45, 7) is 0.446. The summed E-state index contributed by atoms with van der Waals surface area (Å²) in [5, 5.41) is 11.3. The van der Waals surface area contributed by atoms with Crippen LogP contribution < -0.4 is 0 Å². The first-order valence-electron chi connectivity index (χ1n) is 9.06. The highest BCUT2D eigenvalue weighted by Crippen LogP contribution is 2.33. The average molecular weight is 469 g/mol. The number of carboxylic acids is 1. The van der Waals surface area contributed by atoms with Gasteiger partial charge in [0.2, 0.25) is 0 Å². The van der Waals surface area contributed by atoms with Crippen molar-refractivity contribution in [1.82, 2.24) is 9.37 Å². The van der Waals surface area contributed by atoms with Crippen molar-refractivity contribution >= 4 is 31.7 Å². The van der Waals surface area contributed by atoms with E-state index in [4.69, 9.17) is 13.8 Å². The van der Waals surface area contributed by atoms with Gasteiger partial charge in [0, 0.05) is 52.8 Å². The summed E-state index contributed by atoms with van der Waals surface area (Å²) in [5.74, 6) is -5.07. The maximum atomic E-state index is 12.8. The van der Waals surface area contributed by atoms with Gasteiger partial charge in [-0.3, -0.25) is 4.79 Å². The van der Waals surface area contributed by atoms with Crippen LogP contribution in [0.4, 0.5) is 17.6 Å². The van der Waals surface area contributed by atoms with Crippen LogP contribution in [0.3, 0.4) is 0 Å². The van der Waals surface area contributed by atoms with Crippen molar-refractivity contribution in [2.45, 2.75) is 43.6 Å². The molecule has 172 valence electrons. The zero-order valence-corrected chi connectivity index (χ0v) is 17.9. The van der Waals surface area contributed by atoms with Crippen molar-refractivity contribution < 1.29 is 41.2 Å². The number of likely N-dealkylation sites (N-methyl/N-ethyl adjacent to an activating group) is 1. The van der Waals surface area contributed by atoms with E-state index in [9.17, 15) is 27.5 Å². The van der Waals surface area contributed by atoms with E-state index in [1.807, 2.05) is 0 Å². The fourth-order valence-corrected chi connectivity index (χ4v) is 3.86. The van der Waals surface area contributed by atoms with Gasteiger partial charge in [0.15, 0.2) is 0 Å². The highest BCUT2D eigenvalue weighted by molar-refractivity contribution is 7.92. The number of ether oxygens (including phenoxy) is 2. The smallest absolute Gasteiger partial charge is 0.330 e. The maximum Gasteiger partial charge on any atom is 0.330 e. The molecule has 2 aliphatic heterocycles. The Bertz CT molecular complexity index is 508. The lowest BCUT2D eigenvalue weighted by molar-refractivity contribution is -0.170. The number of halogens is 4. The van der Waals surface area contributed by atoms with E-state index in [-0.39, 0.29) is 26.0 Å². The van der Waals surface area contributed by atoms with Crippen LogP contribution in [0.1, 0.15) is 25.7 Å². The van der Waals surface area contributed by atoms with Crippen molar-refractivity contribution in [1.29, 1.82) is 0 Å². The van der Waals surface area contributed by atoms with Crippen LogP contribution in [-0.2, 0) is 18.6 Å². The molecule has 2 fully saturated rings. The highest BCUT2D eigenvalue weighted by atomic mass is 32.2. The third-order valence-corrected chi connectivity index (χ3v) is 5.96. The van der Waals surface area contributed by atoms with Crippen LogP contribution in [0, 0.1) is 5.92 Å². The predicted molar refractivity (Wildman–Crippen MR) is 103 cm³/mol. The summed E-state index contributed by atoms with van der Waals surface area (Å²) < 4.78 is 67.0. The molecule has 2 aliphatic rings. The van der Waals surface area contributed by atoms with Crippen LogP contribution in [0.5, 0.6) is 0 Å². The molecule has 0 atom stereocenters. The molecule has 0 aliphatic carbocycles. The third kappa shape index (κ3) is 7.40. The second-order valence-electron chi connectivity index (χ2n) is 7.04. The Morgan fingerprint density at radius 2 is 1.93 bits per heavy atom. The number of hydrogen-bond acceptors (Lipinski definition) is 7. The van der Waals surface area contributed by atoms with E-state index in [1.54, 1.807) is 16.4 Å². The molecule has 0 spiro atoms. The number of carbonyl (C=O) groups is 1. The summed E-state index contributed by atoms with van der Waals surface area (Å²) in [6, 6.07) is 0. The van der Waals surface area contributed by atoms with Crippen LogP contribution in [0.2, 0.25) is 0 Å². The molecule has 2 rings (SSSR count). The van der Waals surface area contributed by atoms with Crippen LogP contribution in [0.25, 0.3) is 0 Å². The predicted octanol–water partition coefficient (Wildman–Crippen LogP) is 2.79. The fourth-order valence-electron chi connectivity index (χ4n) is 3.12.